The van der Waals surface area contributed by atoms with Crippen molar-refractivity contribution >= 4 is 0 Å². The molecule has 3 atom stereocenters. The fourth-order valence-corrected chi connectivity index (χ4v) is 1.86. The summed E-state index contributed by atoms with van der Waals surface area (Å²) in [5.74, 6) is 6.97. The third-order valence-corrected chi connectivity index (χ3v) is 2.46. The molecule has 0 aromatic rings. The van der Waals surface area contributed by atoms with Crippen molar-refractivity contribution in [3.8, 4) is 11.8 Å². The third kappa shape index (κ3) is 7.73. The lowest BCUT2D eigenvalue weighted by Crippen LogP contribution is -2.24. The van der Waals surface area contributed by atoms with Gasteiger partial charge in [0.25, 0.3) is 0 Å². The van der Waals surface area contributed by atoms with Gasteiger partial charge in [0.15, 0.2) is 0 Å². The maximum atomic E-state index is 10.0. The van der Waals surface area contributed by atoms with Crippen LogP contribution in [0.15, 0.2) is 0 Å². The van der Waals surface area contributed by atoms with Gasteiger partial charge in [-0.05, 0) is 31.6 Å². The molecule has 0 aliphatic rings. The normalized spacial score (nSPS) is 18.5. The summed E-state index contributed by atoms with van der Waals surface area (Å²) in [4.78, 5) is 0. The van der Waals surface area contributed by atoms with E-state index in [9.17, 15) is 5.11 Å². The van der Waals surface area contributed by atoms with Crippen LogP contribution in [0.1, 0.15) is 47.5 Å². The number of aliphatic hydroxyl groups is 2. The lowest BCUT2D eigenvalue weighted by molar-refractivity contribution is 0.0973. The van der Waals surface area contributed by atoms with E-state index in [1.165, 1.54) is 0 Å². The first-order valence-corrected chi connectivity index (χ1v) is 6.12. The standard InChI is InChI=1S/C14H26O2/c1-11(2)9-14(5,16)7-6-12(3)8-13(4)10-15/h11-13,15-16H,8-10H2,1-5H3. The zero-order valence-electron chi connectivity index (χ0n) is 11.2. The van der Waals surface area contributed by atoms with Gasteiger partial charge in [0.05, 0.1) is 0 Å². The van der Waals surface area contributed by atoms with E-state index in [1.807, 2.05) is 13.8 Å². The van der Waals surface area contributed by atoms with Gasteiger partial charge in [-0.25, -0.2) is 0 Å². The van der Waals surface area contributed by atoms with E-state index in [0.29, 0.717) is 12.3 Å². The number of aliphatic hydroxyl groups excluding tert-OH is 1. The first-order valence-electron chi connectivity index (χ1n) is 6.12. The van der Waals surface area contributed by atoms with Gasteiger partial charge in [0.2, 0.25) is 0 Å². The van der Waals surface area contributed by atoms with E-state index in [1.54, 1.807) is 6.92 Å². The van der Waals surface area contributed by atoms with Crippen LogP contribution in [0.5, 0.6) is 0 Å². The van der Waals surface area contributed by atoms with Crippen molar-refractivity contribution < 1.29 is 10.2 Å². The second-order valence-electron chi connectivity index (χ2n) is 5.57. The Morgan fingerprint density at radius 1 is 1.19 bits per heavy atom. The van der Waals surface area contributed by atoms with Crippen LogP contribution in [0.25, 0.3) is 0 Å². The van der Waals surface area contributed by atoms with E-state index in [0.717, 1.165) is 6.42 Å². The van der Waals surface area contributed by atoms with Crippen LogP contribution in [0, 0.1) is 29.6 Å². The number of hydrogen-bond acceptors (Lipinski definition) is 2. The predicted molar refractivity (Wildman–Crippen MR) is 67.9 cm³/mol. The molecular weight excluding hydrogens is 200 g/mol. The smallest absolute Gasteiger partial charge is 0.123 e. The zero-order valence-corrected chi connectivity index (χ0v) is 11.2. The monoisotopic (exact) mass is 226 g/mol. The molecule has 3 unspecified atom stereocenters. The molecule has 0 aromatic heterocycles. The molecule has 94 valence electrons. The van der Waals surface area contributed by atoms with Gasteiger partial charge in [-0.2, -0.15) is 0 Å². The Morgan fingerprint density at radius 3 is 2.19 bits per heavy atom. The summed E-state index contributed by atoms with van der Waals surface area (Å²) in [5, 5.41) is 18.9. The van der Waals surface area contributed by atoms with Crippen LogP contribution < -0.4 is 0 Å². The van der Waals surface area contributed by atoms with Crippen molar-refractivity contribution in [1.29, 1.82) is 0 Å². The minimum absolute atomic E-state index is 0.203. The van der Waals surface area contributed by atoms with Crippen molar-refractivity contribution in [3.05, 3.63) is 0 Å². The molecule has 0 rings (SSSR count). The Labute approximate surface area is 100 Å². The Balaban J connectivity index is 4.25. The molecule has 0 heterocycles. The highest BCUT2D eigenvalue weighted by molar-refractivity contribution is 5.13. The molecule has 0 saturated heterocycles. The molecule has 0 fully saturated rings. The lowest BCUT2D eigenvalue weighted by Gasteiger charge is -2.19. The number of rotatable bonds is 5. The highest BCUT2D eigenvalue weighted by Gasteiger charge is 2.18. The van der Waals surface area contributed by atoms with E-state index in [-0.39, 0.29) is 18.4 Å². The molecule has 16 heavy (non-hydrogen) atoms. The molecule has 0 spiro atoms. The van der Waals surface area contributed by atoms with Crippen LogP contribution >= 0.6 is 0 Å². The van der Waals surface area contributed by atoms with Gasteiger partial charge in [0, 0.05) is 12.5 Å². The van der Waals surface area contributed by atoms with Gasteiger partial charge in [-0.15, -0.1) is 0 Å². The maximum absolute atomic E-state index is 10.0. The molecule has 2 heteroatoms. The van der Waals surface area contributed by atoms with Crippen LogP contribution in [0.2, 0.25) is 0 Å². The van der Waals surface area contributed by atoms with E-state index in [4.69, 9.17) is 5.11 Å². The summed E-state index contributed by atoms with van der Waals surface area (Å²) < 4.78 is 0. The van der Waals surface area contributed by atoms with Crippen LogP contribution in [-0.4, -0.2) is 22.4 Å². The van der Waals surface area contributed by atoms with Crippen molar-refractivity contribution in [1.82, 2.24) is 0 Å². The molecule has 0 radical (unpaired) electrons. The molecule has 0 aromatic carbocycles. The Bertz CT molecular complexity index is 245. The van der Waals surface area contributed by atoms with Gasteiger partial charge < -0.3 is 10.2 Å². The Kier molecular flexibility index (Phi) is 6.71. The SMILES string of the molecule is CC(C)CC(C)(O)C#CC(C)CC(C)CO. The molecule has 0 aliphatic carbocycles. The Hall–Kier alpha value is -0.520. The van der Waals surface area contributed by atoms with Gasteiger partial charge in [-0.3, -0.25) is 0 Å². The average Bonchev–Trinajstić information content (AvgIpc) is 2.13. The van der Waals surface area contributed by atoms with Gasteiger partial charge >= 0.3 is 0 Å². The van der Waals surface area contributed by atoms with Crippen molar-refractivity contribution in [2.75, 3.05) is 6.61 Å². The summed E-state index contributed by atoms with van der Waals surface area (Å²) in [6.07, 6.45) is 1.57. The second-order valence-corrected chi connectivity index (χ2v) is 5.57. The summed E-state index contributed by atoms with van der Waals surface area (Å²) >= 11 is 0. The fourth-order valence-electron chi connectivity index (χ4n) is 1.86. The molecular formula is C14H26O2. The summed E-state index contributed by atoms with van der Waals surface area (Å²) in [5.41, 5.74) is -0.884. The maximum Gasteiger partial charge on any atom is 0.123 e. The van der Waals surface area contributed by atoms with Crippen molar-refractivity contribution in [2.45, 2.75) is 53.1 Å². The second kappa shape index (κ2) is 6.93. The minimum atomic E-state index is -0.884. The summed E-state index contributed by atoms with van der Waals surface area (Å²) in [6.45, 7) is 10.2. The first-order chi connectivity index (χ1) is 7.26. The largest absolute Gasteiger partial charge is 0.396 e. The van der Waals surface area contributed by atoms with Crippen LogP contribution in [0.3, 0.4) is 0 Å². The van der Waals surface area contributed by atoms with Crippen LogP contribution in [0.4, 0.5) is 0 Å². The minimum Gasteiger partial charge on any atom is -0.396 e. The third-order valence-electron chi connectivity index (χ3n) is 2.46. The van der Waals surface area contributed by atoms with Crippen molar-refractivity contribution in [3.63, 3.8) is 0 Å². The Morgan fingerprint density at radius 2 is 1.75 bits per heavy atom. The van der Waals surface area contributed by atoms with E-state index >= 15 is 0 Å². The summed E-state index contributed by atoms with van der Waals surface area (Å²) in [6, 6.07) is 0. The molecule has 2 N–H and O–H groups in total. The highest BCUT2D eigenvalue weighted by Crippen LogP contribution is 2.16. The van der Waals surface area contributed by atoms with Crippen LogP contribution in [-0.2, 0) is 0 Å². The fraction of sp³-hybridized carbons (Fsp3) is 0.857. The first kappa shape index (κ1) is 15.5. The number of hydrogen-bond donors (Lipinski definition) is 2. The molecule has 0 aliphatic heterocycles. The molecule has 0 amide bonds. The molecule has 2 nitrogen and oxygen atoms in total. The van der Waals surface area contributed by atoms with E-state index < -0.39 is 5.60 Å². The van der Waals surface area contributed by atoms with Gasteiger partial charge in [-0.1, -0.05) is 39.5 Å². The zero-order chi connectivity index (χ0) is 12.8. The quantitative estimate of drug-likeness (QED) is 0.707. The molecule has 0 bridgehead atoms. The molecule has 0 saturated carbocycles. The lowest BCUT2D eigenvalue weighted by atomic mass is 9.93. The predicted octanol–water partition coefficient (Wildman–Crippen LogP) is 2.44. The summed E-state index contributed by atoms with van der Waals surface area (Å²) in [7, 11) is 0. The van der Waals surface area contributed by atoms with E-state index in [2.05, 4.69) is 25.7 Å². The van der Waals surface area contributed by atoms with Crippen molar-refractivity contribution in [2.24, 2.45) is 17.8 Å². The highest BCUT2D eigenvalue weighted by atomic mass is 16.3. The topological polar surface area (TPSA) is 40.5 Å². The van der Waals surface area contributed by atoms with Gasteiger partial charge in [0.1, 0.15) is 5.60 Å². The average molecular weight is 226 g/mol.